The number of phenols is 1. The van der Waals surface area contributed by atoms with Gasteiger partial charge in [0.25, 0.3) is 11.8 Å². The first-order chi connectivity index (χ1) is 20.7. The minimum absolute atomic E-state index is 0.0676. The lowest BCUT2D eigenvalue weighted by molar-refractivity contribution is -0.133. The Hall–Kier alpha value is -4.52. The predicted molar refractivity (Wildman–Crippen MR) is 163 cm³/mol. The number of hydrogen-bond acceptors (Lipinski definition) is 10. The van der Waals surface area contributed by atoms with Crippen molar-refractivity contribution in [3.8, 4) is 16.9 Å². The van der Waals surface area contributed by atoms with Gasteiger partial charge in [-0.1, -0.05) is 31.5 Å². The number of likely N-dealkylation sites (N-methyl/N-ethyl adjacent to an activating group) is 1. The van der Waals surface area contributed by atoms with Crippen LogP contribution in [0.1, 0.15) is 54.6 Å². The molecule has 0 saturated carbocycles. The summed E-state index contributed by atoms with van der Waals surface area (Å²) in [7, 11) is 3.12. The number of benzene rings is 2. The van der Waals surface area contributed by atoms with Crippen molar-refractivity contribution in [2.45, 2.75) is 51.2 Å². The highest BCUT2D eigenvalue weighted by Crippen LogP contribution is 2.43. The summed E-state index contributed by atoms with van der Waals surface area (Å²) >= 11 is 0. The van der Waals surface area contributed by atoms with E-state index in [4.69, 9.17) is 10.8 Å². The molecular formula is C32H39N3O9. The SMILES string of the molecule is CCC[C@](O)(C(=O)C1=C(O)c2c(O)ccc(-c3cccc(C(=O)NCCO)c3)c2CC1)C(O)=C(C(N)=O)C(=O)[C@H](C)N(C)C. The second kappa shape index (κ2) is 13.8. The summed E-state index contributed by atoms with van der Waals surface area (Å²) < 4.78 is 0. The van der Waals surface area contributed by atoms with Crippen molar-refractivity contribution in [1.82, 2.24) is 10.2 Å². The Balaban J connectivity index is 2.16. The summed E-state index contributed by atoms with van der Waals surface area (Å²) in [5.74, 6) is -5.96. The number of aromatic hydroxyl groups is 1. The van der Waals surface area contributed by atoms with Gasteiger partial charge in [-0.15, -0.1) is 0 Å². The zero-order chi connectivity index (χ0) is 32.9. The van der Waals surface area contributed by atoms with Crippen LogP contribution in [0.4, 0.5) is 0 Å². The molecular weight excluding hydrogens is 570 g/mol. The number of hydrogen-bond donors (Lipinski definition) is 7. The van der Waals surface area contributed by atoms with Crippen LogP contribution in [0.2, 0.25) is 0 Å². The molecule has 8 N–H and O–H groups in total. The normalized spacial score (nSPS) is 15.6. The summed E-state index contributed by atoms with van der Waals surface area (Å²) in [5, 5.41) is 56.5. The van der Waals surface area contributed by atoms with E-state index in [1.54, 1.807) is 51.4 Å². The second-order valence-electron chi connectivity index (χ2n) is 10.9. The van der Waals surface area contributed by atoms with Crippen LogP contribution >= 0.6 is 0 Å². The van der Waals surface area contributed by atoms with Gasteiger partial charge in [-0.25, -0.2) is 0 Å². The molecule has 0 bridgehead atoms. The molecule has 0 saturated heterocycles. The molecule has 0 heterocycles. The maximum absolute atomic E-state index is 13.9. The van der Waals surface area contributed by atoms with E-state index in [9.17, 15) is 39.6 Å². The lowest BCUT2D eigenvalue weighted by Gasteiger charge is -2.31. The van der Waals surface area contributed by atoms with Gasteiger partial charge in [0.05, 0.1) is 18.2 Å². The van der Waals surface area contributed by atoms with Crippen molar-refractivity contribution in [2.24, 2.45) is 5.73 Å². The molecule has 2 atom stereocenters. The molecule has 12 nitrogen and oxygen atoms in total. The highest BCUT2D eigenvalue weighted by atomic mass is 16.3. The first-order valence-corrected chi connectivity index (χ1v) is 14.2. The third-order valence-electron chi connectivity index (χ3n) is 7.81. The summed E-state index contributed by atoms with van der Waals surface area (Å²) in [6, 6.07) is 8.60. The molecule has 0 unspecified atom stereocenters. The van der Waals surface area contributed by atoms with Crippen LogP contribution < -0.4 is 11.1 Å². The molecule has 1 aliphatic rings. The van der Waals surface area contributed by atoms with E-state index >= 15 is 0 Å². The monoisotopic (exact) mass is 609 g/mol. The number of rotatable bonds is 13. The Kier molecular flexibility index (Phi) is 10.7. The number of amides is 2. The van der Waals surface area contributed by atoms with Gasteiger partial charge in [0.1, 0.15) is 22.8 Å². The maximum atomic E-state index is 13.9. The number of nitrogens with zero attached hydrogens (tertiary/aromatic N) is 1. The zero-order valence-electron chi connectivity index (χ0n) is 25.2. The lowest BCUT2D eigenvalue weighted by atomic mass is 9.77. The quantitative estimate of drug-likeness (QED) is 0.0759. The van der Waals surface area contributed by atoms with Gasteiger partial charge in [0.2, 0.25) is 5.78 Å². The van der Waals surface area contributed by atoms with Gasteiger partial charge in [-0.3, -0.25) is 24.1 Å². The minimum atomic E-state index is -2.77. The topological polar surface area (TPSA) is 211 Å². The molecule has 2 aromatic carbocycles. The number of primary amides is 1. The highest BCUT2D eigenvalue weighted by molar-refractivity contribution is 6.22. The number of phenolic OH excluding ortho intramolecular Hbond substituents is 1. The molecule has 0 aromatic heterocycles. The molecule has 3 rings (SSSR count). The fourth-order valence-electron chi connectivity index (χ4n) is 5.23. The van der Waals surface area contributed by atoms with Gasteiger partial charge in [-0.05, 0) is 75.2 Å². The highest BCUT2D eigenvalue weighted by Gasteiger charge is 2.47. The van der Waals surface area contributed by atoms with E-state index in [1.165, 1.54) is 17.9 Å². The summed E-state index contributed by atoms with van der Waals surface area (Å²) in [6.07, 6.45) is -0.286. The van der Waals surface area contributed by atoms with Crippen LogP contribution in [0.15, 0.2) is 53.3 Å². The number of aliphatic hydroxyl groups is 4. The average molecular weight is 610 g/mol. The molecule has 2 aromatic rings. The molecule has 1 aliphatic carbocycles. The number of carbonyl (C=O) groups is 4. The average Bonchev–Trinajstić information content (AvgIpc) is 2.99. The van der Waals surface area contributed by atoms with Crippen molar-refractivity contribution in [1.29, 1.82) is 0 Å². The number of Topliss-reactive ketones (excluding diaryl/α,β-unsaturated/α-hetero) is 2. The molecule has 0 spiro atoms. The van der Waals surface area contributed by atoms with E-state index in [0.717, 1.165) is 0 Å². The van der Waals surface area contributed by atoms with Crippen molar-refractivity contribution in [2.75, 3.05) is 27.2 Å². The fraction of sp³-hybridized carbons (Fsp3) is 0.375. The Bertz CT molecular complexity index is 1540. The van der Waals surface area contributed by atoms with Crippen LogP contribution in [0, 0.1) is 0 Å². The largest absolute Gasteiger partial charge is 0.508 e. The van der Waals surface area contributed by atoms with E-state index in [1.807, 2.05) is 0 Å². The second-order valence-corrected chi connectivity index (χ2v) is 10.9. The molecule has 44 heavy (non-hydrogen) atoms. The number of carbonyl (C=O) groups excluding carboxylic acids is 4. The Morgan fingerprint density at radius 1 is 1.09 bits per heavy atom. The van der Waals surface area contributed by atoms with Crippen LogP contribution in [-0.4, -0.2) is 92.7 Å². The molecule has 0 fully saturated rings. The van der Waals surface area contributed by atoms with Crippen molar-refractivity contribution in [3.63, 3.8) is 0 Å². The molecule has 0 radical (unpaired) electrons. The summed E-state index contributed by atoms with van der Waals surface area (Å²) in [6.45, 7) is 2.93. The minimum Gasteiger partial charge on any atom is -0.508 e. The Labute approximate surface area is 255 Å². The van der Waals surface area contributed by atoms with Gasteiger partial charge >= 0.3 is 0 Å². The maximum Gasteiger partial charge on any atom is 0.255 e. The number of ketones is 2. The number of nitrogens with one attached hydrogen (secondary N) is 1. The first-order valence-electron chi connectivity index (χ1n) is 14.2. The Morgan fingerprint density at radius 2 is 1.77 bits per heavy atom. The lowest BCUT2D eigenvalue weighted by Crippen LogP contribution is -2.46. The first kappa shape index (κ1) is 34.0. The van der Waals surface area contributed by atoms with E-state index in [2.05, 4.69) is 5.32 Å². The fourth-order valence-corrected chi connectivity index (χ4v) is 5.23. The third kappa shape index (κ3) is 6.52. The van der Waals surface area contributed by atoms with Crippen molar-refractivity contribution in [3.05, 3.63) is 70.0 Å². The van der Waals surface area contributed by atoms with E-state index in [-0.39, 0.29) is 49.3 Å². The number of nitrogens with two attached hydrogens (primary N) is 1. The van der Waals surface area contributed by atoms with Crippen LogP contribution in [0.3, 0.4) is 0 Å². The smallest absolute Gasteiger partial charge is 0.255 e. The van der Waals surface area contributed by atoms with Crippen molar-refractivity contribution >= 4 is 29.1 Å². The Morgan fingerprint density at radius 3 is 2.36 bits per heavy atom. The van der Waals surface area contributed by atoms with Gasteiger partial charge in [-0.2, -0.15) is 0 Å². The van der Waals surface area contributed by atoms with Gasteiger partial charge in [0, 0.05) is 17.7 Å². The molecule has 0 aliphatic heterocycles. The van der Waals surface area contributed by atoms with E-state index < -0.39 is 58.5 Å². The van der Waals surface area contributed by atoms with Gasteiger partial charge in [0.15, 0.2) is 11.4 Å². The standard InChI is InChI=1S/C32H39N3O9/c1-5-13-32(44,29(41)25(30(33)42)26(38)17(2)35(3)4)28(40)22-10-9-21-20(11-12-23(37)24(21)27(22)39)18-7-6-8-19(16-18)31(43)34-14-15-36/h6-8,11-12,16-17,36-37,39,41,44H,5,9-10,13-15H2,1-4H3,(H2,33,42)(H,34,43)/t17-,32-/m0/s1. The molecule has 2 amide bonds. The van der Waals surface area contributed by atoms with Crippen molar-refractivity contribution < 1.29 is 44.7 Å². The predicted octanol–water partition coefficient (Wildman–Crippen LogP) is 1.91. The van der Waals surface area contributed by atoms with Crippen LogP contribution in [-0.2, 0) is 20.8 Å². The summed E-state index contributed by atoms with van der Waals surface area (Å²) in [4.78, 5) is 53.2. The van der Waals surface area contributed by atoms with Crippen LogP contribution in [0.5, 0.6) is 5.75 Å². The van der Waals surface area contributed by atoms with Gasteiger partial charge < -0.3 is 36.6 Å². The summed E-state index contributed by atoms with van der Waals surface area (Å²) in [5.41, 5.74) is 3.30. The van der Waals surface area contributed by atoms with Crippen LogP contribution in [0.25, 0.3) is 16.9 Å². The van der Waals surface area contributed by atoms with E-state index in [0.29, 0.717) is 22.3 Å². The number of fused-ring (bicyclic) bond motifs is 1. The number of aliphatic hydroxyl groups excluding tert-OH is 3. The third-order valence-corrected chi connectivity index (χ3v) is 7.81. The molecule has 12 heteroatoms. The zero-order valence-corrected chi connectivity index (χ0v) is 25.2. The molecule has 236 valence electrons.